The summed E-state index contributed by atoms with van der Waals surface area (Å²) in [5, 5.41) is 10.4. The van der Waals surface area contributed by atoms with Gasteiger partial charge in [-0.1, -0.05) is 57.2 Å². The summed E-state index contributed by atoms with van der Waals surface area (Å²) in [6, 6.07) is 12.7. The second-order valence-electron chi connectivity index (χ2n) is 9.99. The molecule has 0 spiro atoms. The highest BCUT2D eigenvalue weighted by Gasteiger charge is 2.19. The van der Waals surface area contributed by atoms with E-state index in [0.29, 0.717) is 19.6 Å². The molecular formula is C29H37NO4S. The highest BCUT2D eigenvalue weighted by atomic mass is 32.1. The van der Waals surface area contributed by atoms with Crippen LogP contribution in [0.25, 0.3) is 10.6 Å². The number of carbonyl (C=O) groups is 1. The van der Waals surface area contributed by atoms with Crippen molar-refractivity contribution in [2.75, 3.05) is 13.2 Å². The molecule has 3 rings (SSSR count). The van der Waals surface area contributed by atoms with Gasteiger partial charge in [-0.3, -0.25) is 0 Å². The number of hydrogen-bond acceptors (Lipinski definition) is 5. The molecule has 0 bridgehead atoms. The molecule has 5 nitrogen and oxygen atoms in total. The second-order valence-corrected chi connectivity index (χ2v) is 11.2. The van der Waals surface area contributed by atoms with Crippen molar-refractivity contribution in [2.24, 2.45) is 0 Å². The van der Waals surface area contributed by atoms with Gasteiger partial charge in [-0.15, -0.1) is 11.3 Å². The number of hydrogen-bond donors (Lipinski definition) is 1. The van der Waals surface area contributed by atoms with E-state index in [4.69, 9.17) is 14.5 Å². The van der Waals surface area contributed by atoms with E-state index in [1.165, 1.54) is 10.4 Å². The van der Waals surface area contributed by atoms with Crippen LogP contribution in [0.3, 0.4) is 0 Å². The zero-order valence-corrected chi connectivity index (χ0v) is 22.7. The summed E-state index contributed by atoms with van der Waals surface area (Å²) in [7, 11) is 0. The Balaban J connectivity index is 1.65. The van der Waals surface area contributed by atoms with Gasteiger partial charge in [0.2, 0.25) is 0 Å². The molecule has 2 aromatic carbocycles. The molecule has 1 N–H and O–H groups in total. The van der Waals surface area contributed by atoms with Crippen LogP contribution in [-0.2, 0) is 27.8 Å². The zero-order valence-electron chi connectivity index (χ0n) is 21.9. The molecule has 188 valence electrons. The molecule has 3 aromatic rings. The van der Waals surface area contributed by atoms with E-state index in [1.54, 1.807) is 18.3 Å². The van der Waals surface area contributed by atoms with Crippen molar-refractivity contribution in [3.05, 3.63) is 69.2 Å². The topological polar surface area (TPSA) is 68.7 Å². The lowest BCUT2D eigenvalue weighted by molar-refractivity contribution is -0.149. The van der Waals surface area contributed by atoms with E-state index in [1.807, 2.05) is 26.0 Å². The third-order valence-corrected chi connectivity index (χ3v) is 7.12. The maximum Gasteiger partial charge on any atom is 0.333 e. The molecule has 0 radical (unpaired) electrons. The van der Waals surface area contributed by atoms with Gasteiger partial charge in [0.15, 0.2) is 6.10 Å². The Morgan fingerprint density at radius 1 is 1.09 bits per heavy atom. The van der Waals surface area contributed by atoms with Crippen LogP contribution < -0.4 is 4.74 Å². The quantitative estimate of drug-likeness (QED) is 0.339. The Kier molecular flexibility index (Phi) is 8.73. The molecule has 35 heavy (non-hydrogen) atoms. The summed E-state index contributed by atoms with van der Waals surface area (Å²) < 4.78 is 11.5. The Morgan fingerprint density at radius 3 is 2.26 bits per heavy atom. The minimum atomic E-state index is -0.939. The first-order chi connectivity index (χ1) is 16.5. The van der Waals surface area contributed by atoms with E-state index in [9.17, 15) is 9.90 Å². The summed E-state index contributed by atoms with van der Waals surface area (Å²) >= 11 is 1.72. The predicted molar refractivity (Wildman–Crippen MR) is 143 cm³/mol. The second kappa shape index (κ2) is 11.4. The number of thiazole rings is 1. The number of ether oxygens (including phenoxy) is 2. The molecule has 0 saturated carbocycles. The van der Waals surface area contributed by atoms with Gasteiger partial charge < -0.3 is 14.6 Å². The molecular weight excluding hydrogens is 458 g/mol. The molecule has 0 amide bonds. The summed E-state index contributed by atoms with van der Waals surface area (Å²) in [4.78, 5) is 17.5. The normalized spacial score (nSPS) is 12.5. The Labute approximate surface area is 213 Å². The van der Waals surface area contributed by atoms with Crippen molar-refractivity contribution in [1.82, 2.24) is 4.98 Å². The van der Waals surface area contributed by atoms with Crippen molar-refractivity contribution in [3.63, 3.8) is 0 Å². The van der Waals surface area contributed by atoms with Crippen LogP contribution >= 0.6 is 11.3 Å². The maximum atomic E-state index is 11.4. The predicted octanol–water partition coefficient (Wildman–Crippen LogP) is 6.69. The minimum Gasteiger partial charge on any atom is -0.493 e. The van der Waals surface area contributed by atoms with Crippen molar-refractivity contribution in [2.45, 2.75) is 72.8 Å². The van der Waals surface area contributed by atoms with Crippen LogP contribution in [0, 0.1) is 20.8 Å². The number of nitrogens with zero attached hydrogens (tertiary/aromatic N) is 1. The van der Waals surface area contributed by atoms with Crippen molar-refractivity contribution < 1.29 is 19.4 Å². The number of benzene rings is 2. The lowest BCUT2D eigenvalue weighted by Gasteiger charge is -2.18. The Bertz CT molecular complexity index is 1140. The molecule has 1 atom stereocenters. The average molecular weight is 496 g/mol. The Hall–Kier alpha value is -2.70. The lowest BCUT2D eigenvalue weighted by Crippen LogP contribution is -2.26. The fraction of sp³-hybridized carbons (Fsp3) is 0.448. The number of carboxylic acid groups (broad SMARTS) is 1. The van der Waals surface area contributed by atoms with E-state index in [2.05, 4.69) is 52.0 Å². The number of carboxylic acids is 1. The average Bonchev–Trinajstić information content (AvgIpc) is 3.15. The van der Waals surface area contributed by atoms with Crippen LogP contribution in [0.1, 0.15) is 60.5 Å². The Morgan fingerprint density at radius 2 is 1.71 bits per heavy atom. The molecule has 1 heterocycles. The van der Waals surface area contributed by atoms with Crippen molar-refractivity contribution in [3.8, 4) is 16.3 Å². The monoisotopic (exact) mass is 495 g/mol. The largest absolute Gasteiger partial charge is 0.493 e. The van der Waals surface area contributed by atoms with Crippen LogP contribution in [-0.4, -0.2) is 35.4 Å². The highest BCUT2D eigenvalue weighted by Crippen LogP contribution is 2.31. The summed E-state index contributed by atoms with van der Waals surface area (Å²) in [6.07, 6.45) is 0.231. The van der Waals surface area contributed by atoms with Crippen LogP contribution in [0.2, 0.25) is 0 Å². The number of aliphatic carboxylic acids is 1. The van der Waals surface area contributed by atoms with Crippen LogP contribution in [0.5, 0.6) is 5.75 Å². The van der Waals surface area contributed by atoms with Gasteiger partial charge >= 0.3 is 5.97 Å². The molecule has 0 aliphatic heterocycles. The first kappa shape index (κ1) is 26.9. The van der Waals surface area contributed by atoms with E-state index in [0.717, 1.165) is 45.1 Å². The SMILES string of the molecule is CCOC(Cc1cc(C)c(OCCc2nc(-c3ccc(C(C)(C)C)cc3)sc2C)c(C)c1)C(=O)O. The van der Waals surface area contributed by atoms with Gasteiger partial charge in [0, 0.05) is 29.9 Å². The first-order valence-corrected chi connectivity index (χ1v) is 13.0. The van der Waals surface area contributed by atoms with Crippen LogP contribution in [0.4, 0.5) is 0 Å². The molecule has 0 fully saturated rings. The van der Waals surface area contributed by atoms with Gasteiger partial charge in [-0.05, 0) is 55.4 Å². The van der Waals surface area contributed by atoms with E-state index >= 15 is 0 Å². The van der Waals surface area contributed by atoms with E-state index in [-0.39, 0.29) is 5.41 Å². The smallest absolute Gasteiger partial charge is 0.333 e. The minimum absolute atomic E-state index is 0.134. The van der Waals surface area contributed by atoms with Gasteiger partial charge in [-0.25, -0.2) is 9.78 Å². The van der Waals surface area contributed by atoms with Gasteiger partial charge in [-0.2, -0.15) is 0 Å². The maximum absolute atomic E-state index is 11.4. The highest BCUT2D eigenvalue weighted by molar-refractivity contribution is 7.15. The standard InChI is InChI=1S/C29H37NO4S/c1-8-33-25(28(31)32)17-21-15-18(2)26(19(3)16-21)34-14-13-24-20(4)35-27(30-24)22-9-11-23(12-10-22)29(5,6)7/h9-12,15-16,25H,8,13-14,17H2,1-7H3,(H,31,32). The number of rotatable bonds is 10. The molecule has 1 aromatic heterocycles. The lowest BCUT2D eigenvalue weighted by atomic mass is 9.87. The molecule has 0 aliphatic carbocycles. The van der Waals surface area contributed by atoms with Gasteiger partial charge in [0.25, 0.3) is 0 Å². The van der Waals surface area contributed by atoms with Gasteiger partial charge in [0.1, 0.15) is 10.8 Å². The summed E-state index contributed by atoms with van der Waals surface area (Å²) in [6.45, 7) is 15.5. The molecule has 6 heteroatoms. The third-order valence-electron chi connectivity index (χ3n) is 6.06. The van der Waals surface area contributed by atoms with Crippen molar-refractivity contribution >= 4 is 17.3 Å². The fourth-order valence-electron chi connectivity index (χ4n) is 4.16. The first-order valence-electron chi connectivity index (χ1n) is 12.1. The number of aryl methyl sites for hydroxylation is 3. The molecule has 0 aliphatic rings. The van der Waals surface area contributed by atoms with Crippen LogP contribution in [0.15, 0.2) is 36.4 Å². The summed E-state index contributed by atoms with van der Waals surface area (Å²) in [5.74, 6) is -0.0893. The fourth-order valence-corrected chi connectivity index (χ4v) is 5.13. The zero-order chi connectivity index (χ0) is 25.8. The molecule has 0 saturated heterocycles. The van der Waals surface area contributed by atoms with Gasteiger partial charge in [0.05, 0.1) is 12.3 Å². The molecule has 1 unspecified atom stereocenters. The van der Waals surface area contributed by atoms with Crippen molar-refractivity contribution in [1.29, 1.82) is 0 Å². The third kappa shape index (κ3) is 6.92. The summed E-state index contributed by atoms with van der Waals surface area (Å²) in [5.41, 5.74) is 6.59. The van der Waals surface area contributed by atoms with E-state index < -0.39 is 12.1 Å². The number of aromatic nitrogens is 1.